The number of aliphatic imine (C=N–C) groups is 1. The lowest BCUT2D eigenvalue weighted by Crippen LogP contribution is -2.45. The van der Waals surface area contributed by atoms with Crippen molar-refractivity contribution in [2.45, 2.75) is 32.1 Å². The zero-order valence-corrected chi connectivity index (χ0v) is 16.5. The molecule has 0 saturated carbocycles. The van der Waals surface area contributed by atoms with Crippen LogP contribution in [0.1, 0.15) is 32.3 Å². The molecule has 1 aromatic carbocycles. The van der Waals surface area contributed by atoms with Gasteiger partial charge in [0.15, 0.2) is 5.96 Å². The molecule has 0 radical (unpaired) electrons. The monoisotopic (exact) mass is 393 g/mol. The molecule has 1 atom stereocenters. The summed E-state index contributed by atoms with van der Waals surface area (Å²) >= 11 is 3.57. The van der Waals surface area contributed by atoms with Gasteiger partial charge in [0.2, 0.25) is 0 Å². The first-order chi connectivity index (χ1) is 11.4. The first kappa shape index (κ1) is 17.7. The van der Waals surface area contributed by atoms with E-state index >= 15 is 0 Å². The van der Waals surface area contributed by atoms with Gasteiger partial charge in [-0.15, -0.1) is 0 Å². The second-order valence-corrected chi connectivity index (χ2v) is 8.68. The minimum Gasteiger partial charge on any atom is -0.381 e. The molecule has 1 spiro atoms. The number of nitrogens with one attached hydrogen (secondary N) is 1. The van der Waals surface area contributed by atoms with Gasteiger partial charge in [0, 0.05) is 48.6 Å². The topological polar surface area (TPSA) is 36.9 Å². The second-order valence-electron chi connectivity index (χ2n) is 7.77. The summed E-state index contributed by atoms with van der Waals surface area (Å²) in [6.07, 6.45) is 2.40. The van der Waals surface area contributed by atoms with Gasteiger partial charge in [-0.2, -0.15) is 0 Å². The SMILES string of the molecule is CN=C(NCC(C)(C)c1cccc(Br)c1)N1CCC2(CCOC2)C1. The Morgan fingerprint density at radius 3 is 2.92 bits per heavy atom. The van der Waals surface area contributed by atoms with Crippen LogP contribution in [-0.2, 0) is 10.2 Å². The average Bonchev–Trinajstić information content (AvgIpc) is 3.19. The van der Waals surface area contributed by atoms with Gasteiger partial charge >= 0.3 is 0 Å². The van der Waals surface area contributed by atoms with Crippen LogP contribution >= 0.6 is 15.9 Å². The van der Waals surface area contributed by atoms with Crippen LogP contribution < -0.4 is 5.32 Å². The predicted octanol–water partition coefficient (Wildman–Crippen LogP) is 3.41. The van der Waals surface area contributed by atoms with E-state index in [9.17, 15) is 0 Å². The van der Waals surface area contributed by atoms with Crippen molar-refractivity contribution < 1.29 is 4.74 Å². The van der Waals surface area contributed by atoms with E-state index in [0.29, 0.717) is 5.41 Å². The van der Waals surface area contributed by atoms with Gasteiger partial charge in [0.05, 0.1) is 6.61 Å². The first-order valence-corrected chi connectivity index (χ1v) is 9.53. The maximum Gasteiger partial charge on any atom is 0.193 e. The van der Waals surface area contributed by atoms with Gasteiger partial charge in [-0.3, -0.25) is 4.99 Å². The molecule has 2 aliphatic rings. The third-order valence-electron chi connectivity index (χ3n) is 5.43. The van der Waals surface area contributed by atoms with Gasteiger partial charge in [0.25, 0.3) is 0 Å². The fraction of sp³-hybridized carbons (Fsp3) is 0.632. The standard InChI is InChI=1S/C19H28BrN3O/c1-18(2,15-5-4-6-16(20)11-15)12-22-17(21-3)23-9-7-19(13-23)8-10-24-14-19/h4-6,11H,7-10,12-14H2,1-3H3,(H,21,22). The number of hydrogen-bond acceptors (Lipinski definition) is 2. The molecule has 3 rings (SSSR count). The van der Waals surface area contributed by atoms with Crippen LogP contribution in [0.15, 0.2) is 33.7 Å². The molecule has 0 aliphatic carbocycles. The highest BCUT2D eigenvalue weighted by Crippen LogP contribution is 2.38. The molecule has 4 nitrogen and oxygen atoms in total. The summed E-state index contributed by atoms with van der Waals surface area (Å²) in [6.45, 7) is 9.34. The molecular weight excluding hydrogens is 366 g/mol. The summed E-state index contributed by atoms with van der Waals surface area (Å²) in [4.78, 5) is 6.91. The van der Waals surface area contributed by atoms with Crippen molar-refractivity contribution >= 4 is 21.9 Å². The Morgan fingerprint density at radius 2 is 2.25 bits per heavy atom. The Kier molecular flexibility index (Phi) is 5.21. The molecule has 24 heavy (non-hydrogen) atoms. The van der Waals surface area contributed by atoms with Gasteiger partial charge in [-0.05, 0) is 30.5 Å². The normalized spacial score (nSPS) is 24.8. The highest BCUT2D eigenvalue weighted by molar-refractivity contribution is 9.10. The van der Waals surface area contributed by atoms with Crippen LogP contribution in [-0.4, -0.2) is 50.8 Å². The number of guanidine groups is 1. The Balaban J connectivity index is 1.62. The van der Waals surface area contributed by atoms with Crippen LogP contribution in [0.25, 0.3) is 0 Å². The molecule has 2 fully saturated rings. The van der Waals surface area contributed by atoms with E-state index in [4.69, 9.17) is 4.74 Å². The average molecular weight is 394 g/mol. The minimum atomic E-state index is 0.0353. The number of halogens is 1. The van der Waals surface area contributed by atoms with Crippen molar-refractivity contribution in [2.24, 2.45) is 10.4 Å². The minimum absolute atomic E-state index is 0.0353. The van der Waals surface area contributed by atoms with E-state index in [1.54, 1.807) is 0 Å². The Hall–Kier alpha value is -1.07. The molecule has 2 saturated heterocycles. The van der Waals surface area contributed by atoms with Crippen molar-refractivity contribution in [3.05, 3.63) is 34.3 Å². The van der Waals surface area contributed by atoms with Crippen LogP contribution in [0.4, 0.5) is 0 Å². The molecule has 1 unspecified atom stereocenters. The molecule has 1 N–H and O–H groups in total. The lowest BCUT2D eigenvalue weighted by Gasteiger charge is -2.30. The van der Waals surface area contributed by atoms with Crippen molar-refractivity contribution in [2.75, 3.05) is 39.9 Å². The maximum atomic E-state index is 5.64. The molecule has 0 aromatic heterocycles. The summed E-state index contributed by atoms with van der Waals surface area (Å²) in [7, 11) is 1.88. The van der Waals surface area contributed by atoms with Crippen LogP contribution in [0.3, 0.4) is 0 Å². The lowest BCUT2D eigenvalue weighted by atomic mass is 9.84. The molecule has 0 amide bonds. The fourth-order valence-corrected chi connectivity index (χ4v) is 4.13. The largest absolute Gasteiger partial charge is 0.381 e. The van der Waals surface area contributed by atoms with Crippen LogP contribution in [0.2, 0.25) is 0 Å². The molecule has 132 valence electrons. The third kappa shape index (κ3) is 3.77. The van der Waals surface area contributed by atoms with Gasteiger partial charge in [0.1, 0.15) is 0 Å². The van der Waals surface area contributed by atoms with Crippen LogP contribution in [0.5, 0.6) is 0 Å². The quantitative estimate of drug-likeness (QED) is 0.631. The zero-order chi connectivity index (χ0) is 17.2. The molecule has 0 bridgehead atoms. The summed E-state index contributed by atoms with van der Waals surface area (Å²) < 4.78 is 6.76. The van der Waals surface area contributed by atoms with E-state index < -0.39 is 0 Å². The zero-order valence-electron chi connectivity index (χ0n) is 14.9. The Labute approximate surface area is 153 Å². The van der Waals surface area contributed by atoms with Crippen molar-refractivity contribution in [1.29, 1.82) is 0 Å². The van der Waals surface area contributed by atoms with Gasteiger partial charge < -0.3 is 15.0 Å². The second kappa shape index (κ2) is 7.04. The van der Waals surface area contributed by atoms with Gasteiger partial charge in [-0.1, -0.05) is 41.9 Å². The van der Waals surface area contributed by atoms with Gasteiger partial charge in [-0.25, -0.2) is 0 Å². The summed E-state index contributed by atoms with van der Waals surface area (Å²) in [5, 5.41) is 3.60. The number of hydrogen-bond donors (Lipinski definition) is 1. The van der Waals surface area contributed by atoms with Crippen molar-refractivity contribution in [3.63, 3.8) is 0 Å². The summed E-state index contributed by atoms with van der Waals surface area (Å²) in [5.74, 6) is 1.02. The Morgan fingerprint density at radius 1 is 1.42 bits per heavy atom. The molecule has 2 aliphatic heterocycles. The number of ether oxygens (including phenoxy) is 1. The molecular formula is C19H28BrN3O. The summed E-state index contributed by atoms with van der Waals surface area (Å²) in [6, 6.07) is 8.56. The van der Waals surface area contributed by atoms with Crippen LogP contribution in [0, 0.1) is 5.41 Å². The molecule has 2 heterocycles. The third-order valence-corrected chi connectivity index (χ3v) is 5.92. The maximum absolute atomic E-state index is 5.64. The summed E-state index contributed by atoms with van der Waals surface area (Å²) in [5.41, 5.74) is 1.72. The molecule has 5 heteroatoms. The predicted molar refractivity (Wildman–Crippen MR) is 103 cm³/mol. The van der Waals surface area contributed by atoms with E-state index in [1.165, 1.54) is 18.4 Å². The highest BCUT2D eigenvalue weighted by Gasteiger charge is 2.42. The highest BCUT2D eigenvalue weighted by atomic mass is 79.9. The fourth-order valence-electron chi connectivity index (χ4n) is 3.73. The smallest absolute Gasteiger partial charge is 0.193 e. The van der Waals surface area contributed by atoms with E-state index in [1.807, 2.05) is 7.05 Å². The van der Waals surface area contributed by atoms with E-state index in [0.717, 1.165) is 43.3 Å². The number of nitrogens with zero attached hydrogens (tertiary/aromatic N) is 2. The number of benzene rings is 1. The lowest BCUT2D eigenvalue weighted by molar-refractivity contribution is 0.156. The van der Waals surface area contributed by atoms with Crippen molar-refractivity contribution in [3.8, 4) is 0 Å². The van der Waals surface area contributed by atoms with Crippen molar-refractivity contribution in [1.82, 2.24) is 10.2 Å². The van der Waals surface area contributed by atoms with E-state index in [-0.39, 0.29) is 5.41 Å². The number of likely N-dealkylation sites (tertiary alicyclic amines) is 1. The van der Waals surface area contributed by atoms with E-state index in [2.05, 4.69) is 69.3 Å². The molecule has 1 aromatic rings. The first-order valence-electron chi connectivity index (χ1n) is 8.74. The Bertz CT molecular complexity index is 608. The number of rotatable bonds is 3.